The lowest BCUT2D eigenvalue weighted by Crippen LogP contribution is -2.44. The van der Waals surface area contributed by atoms with Gasteiger partial charge in [0.25, 0.3) is 5.91 Å². The van der Waals surface area contributed by atoms with Gasteiger partial charge in [0, 0.05) is 56.3 Å². The molecule has 1 aromatic heterocycles. The predicted molar refractivity (Wildman–Crippen MR) is 120 cm³/mol. The fourth-order valence-corrected chi connectivity index (χ4v) is 4.80. The third kappa shape index (κ3) is 4.48. The third-order valence-electron chi connectivity index (χ3n) is 6.69. The van der Waals surface area contributed by atoms with E-state index in [9.17, 15) is 9.59 Å². The van der Waals surface area contributed by atoms with Crippen molar-refractivity contribution < 1.29 is 19.1 Å². The summed E-state index contributed by atoms with van der Waals surface area (Å²) in [6.07, 6.45) is 0.866. The molecule has 0 N–H and O–H groups in total. The molecule has 3 aliphatic rings. The SMILES string of the molecule is O=C(CN1CCOCC1)N1CCC(c2cc(C(=O)N3CCOCC3)c3ccccc3n2)C1. The summed E-state index contributed by atoms with van der Waals surface area (Å²) in [7, 11) is 0. The van der Waals surface area contributed by atoms with Crippen molar-refractivity contribution in [2.24, 2.45) is 0 Å². The smallest absolute Gasteiger partial charge is 0.254 e. The maximum atomic E-state index is 13.3. The van der Waals surface area contributed by atoms with Crippen LogP contribution in [0.2, 0.25) is 0 Å². The van der Waals surface area contributed by atoms with Gasteiger partial charge in [-0.05, 0) is 18.6 Å². The van der Waals surface area contributed by atoms with Gasteiger partial charge in [-0.1, -0.05) is 18.2 Å². The van der Waals surface area contributed by atoms with Crippen molar-refractivity contribution in [3.8, 4) is 0 Å². The van der Waals surface area contributed by atoms with E-state index < -0.39 is 0 Å². The maximum absolute atomic E-state index is 13.3. The van der Waals surface area contributed by atoms with E-state index in [0.29, 0.717) is 58.2 Å². The van der Waals surface area contributed by atoms with E-state index in [-0.39, 0.29) is 17.7 Å². The van der Waals surface area contributed by atoms with Crippen molar-refractivity contribution >= 4 is 22.7 Å². The number of morpholine rings is 2. The minimum atomic E-state index is 0.0337. The fourth-order valence-electron chi connectivity index (χ4n) is 4.80. The number of fused-ring (bicyclic) bond motifs is 1. The maximum Gasteiger partial charge on any atom is 0.254 e. The molecular weight excluding hydrogens is 408 g/mol. The Kier molecular flexibility index (Phi) is 6.34. The van der Waals surface area contributed by atoms with Crippen molar-refractivity contribution in [1.82, 2.24) is 19.7 Å². The molecule has 2 amide bonds. The highest BCUT2D eigenvalue weighted by molar-refractivity contribution is 6.06. The van der Waals surface area contributed by atoms with Gasteiger partial charge < -0.3 is 19.3 Å². The van der Waals surface area contributed by atoms with Gasteiger partial charge in [0.15, 0.2) is 0 Å². The van der Waals surface area contributed by atoms with Crippen LogP contribution in [-0.4, -0.2) is 104 Å². The highest BCUT2D eigenvalue weighted by Gasteiger charge is 2.31. The molecule has 3 saturated heterocycles. The monoisotopic (exact) mass is 438 g/mol. The van der Waals surface area contributed by atoms with E-state index in [0.717, 1.165) is 42.7 Å². The van der Waals surface area contributed by atoms with Crippen LogP contribution in [0, 0.1) is 0 Å². The van der Waals surface area contributed by atoms with Crippen LogP contribution in [0.25, 0.3) is 10.9 Å². The lowest BCUT2D eigenvalue weighted by molar-refractivity contribution is -0.132. The van der Waals surface area contributed by atoms with Crippen LogP contribution in [0.4, 0.5) is 0 Å². The summed E-state index contributed by atoms with van der Waals surface area (Å²) >= 11 is 0. The predicted octanol–water partition coefficient (Wildman–Crippen LogP) is 1.36. The van der Waals surface area contributed by atoms with Crippen LogP contribution in [-0.2, 0) is 14.3 Å². The number of hydrogen-bond acceptors (Lipinski definition) is 6. The van der Waals surface area contributed by atoms with Gasteiger partial charge in [-0.15, -0.1) is 0 Å². The Labute approximate surface area is 188 Å². The number of nitrogens with zero attached hydrogens (tertiary/aromatic N) is 4. The number of para-hydroxylation sites is 1. The van der Waals surface area contributed by atoms with E-state index in [1.54, 1.807) is 0 Å². The lowest BCUT2D eigenvalue weighted by Gasteiger charge is -2.28. The topological polar surface area (TPSA) is 75.2 Å². The van der Waals surface area contributed by atoms with Gasteiger partial charge in [-0.2, -0.15) is 0 Å². The molecule has 4 heterocycles. The van der Waals surface area contributed by atoms with Crippen molar-refractivity contribution in [3.05, 3.63) is 41.6 Å². The number of hydrogen-bond donors (Lipinski definition) is 0. The van der Waals surface area contributed by atoms with Crippen LogP contribution in [0.15, 0.2) is 30.3 Å². The Hall–Kier alpha value is -2.55. The second kappa shape index (κ2) is 9.52. The van der Waals surface area contributed by atoms with E-state index in [1.165, 1.54) is 0 Å². The second-order valence-corrected chi connectivity index (χ2v) is 8.73. The van der Waals surface area contributed by atoms with Gasteiger partial charge in [0.05, 0.1) is 44.1 Å². The van der Waals surface area contributed by atoms with Crippen LogP contribution in [0.1, 0.15) is 28.4 Å². The van der Waals surface area contributed by atoms with Crippen LogP contribution < -0.4 is 0 Å². The molecule has 170 valence electrons. The first-order chi connectivity index (χ1) is 15.7. The molecule has 0 saturated carbocycles. The highest BCUT2D eigenvalue weighted by Crippen LogP contribution is 2.30. The van der Waals surface area contributed by atoms with Gasteiger partial charge in [0.2, 0.25) is 5.91 Å². The molecule has 1 atom stereocenters. The first-order valence-corrected chi connectivity index (χ1v) is 11.5. The molecule has 8 heteroatoms. The Morgan fingerprint density at radius 2 is 1.66 bits per heavy atom. The average Bonchev–Trinajstić information content (AvgIpc) is 3.35. The number of aromatic nitrogens is 1. The summed E-state index contributed by atoms with van der Waals surface area (Å²) in [5, 5.41) is 0.881. The molecule has 1 aromatic carbocycles. The van der Waals surface area contributed by atoms with E-state index >= 15 is 0 Å². The zero-order chi connectivity index (χ0) is 21.9. The number of pyridine rings is 1. The van der Waals surface area contributed by atoms with Gasteiger partial charge >= 0.3 is 0 Å². The summed E-state index contributed by atoms with van der Waals surface area (Å²) in [4.78, 5) is 37.0. The number of benzene rings is 1. The quantitative estimate of drug-likeness (QED) is 0.718. The Morgan fingerprint density at radius 3 is 2.44 bits per heavy atom. The number of ether oxygens (including phenoxy) is 2. The Morgan fingerprint density at radius 1 is 0.938 bits per heavy atom. The Balaban J connectivity index is 1.35. The van der Waals surface area contributed by atoms with Gasteiger partial charge in [-0.3, -0.25) is 19.5 Å². The third-order valence-corrected chi connectivity index (χ3v) is 6.69. The summed E-state index contributed by atoms with van der Waals surface area (Å²) < 4.78 is 10.8. The Bertz CT molecular complexity index is 985. The average molecular weight is 439 g/mol. The second-order valence-electron chi connectivity index (χ2n) is 8.73. The molecule has 3 aliphatic heterocycles. The molecule has 0 bridgehead atoms. The molecule has 5 rings (SSSR count). The van der Waals surface area contributed by atoms with Crippen molar-refractivity contribution in [2.75, 3.05) is 72.2 Å². The number of carbonyl (C=O) groups excluding carboxylic acids is 2. The van der Waals surface area contributed by atoms with Crippen LogP contribution >= 0.6 is 0 Å². The van der Waals surface area contributed by atoms with Crippen LogP contribution in [0.5, 0.6) is 0 Å². The zero-order valence-electron chi connectivity index (χ0n) is 18.4. The molecule has 0 spiro atoms. The number of likely N-dealkylation sites (tertiary alicyclic amines) is 1. The molecule has 0 radical (unpaired) electrons. The molecule has 3 fully saturated rings. The molecule has 2 aromatic rings. The van der Waals surface area contributed by atoms with E-state index in [1.807, 2.05) is 40.1 Å². The minimum Gasteiger partial charge on any atom is -0.379 e. The minimum absolute atomic E-state index is 0.0337. The number of rotatable bonds is 4. The summed E-state index contributed by atoms with van der Waals surface area (Å²) in [6.45, 7) is 7.19. The highest BCUT2D eigenvalue weighted by atomic mass is 16.5. The summed E-state index contributed by atoms with van der Waals surface area (Å²) in [5.74, 6) is 0.343. The van der Waals surface area contributed by atoms with Gasteiger partial charge in [-0.25, -0.2) is 0 Å². The fraction of sp³-hybridized carbons (Fsp3) is 0.542. The molecule has 32 heavy (non-hydrogen) atoms. The summed E-state index contributed by atoms with van der Waals surface area (Å²) in [5.41, 5.74) is 2.44. The normalized spacial score (nSPS) is 22.4. The van der Waals surface area contributed by atoms with Crippen molar-refractivity contribution in [1.29, 1.82) is 0 Å². The molecule has 0 aliphatic carbocycles. The molecular formula is C24H30N4O4. The number of carbonyl (C=O) groups is 2. The summed E-state index contributed by atoms with van der Waals surface area (Å²) in [6, 6.07) is 9.79. The van der Waals surface area contributed by atoms with Crippen LogP contribution in [0.3, 0.4) is 0 Å². The number of amides is 2. The van der Waals surface area contributed by atoms with Crippen molar-refractivity contribution in [3.63, 3.8) is 0 Å². The largest absolute Gasteiger partial charge is 0.379 e. The standard InChI is InChI=1S/C24H30N4O4/c29-23(17-26-7-11-31-12-8-26)28-6-5-18(16-28)22-15-20(19-3-1-2-4-21(19)25-22)24(30)27-9-13-32-14-10-27/h1-4,15,18H,5-14,16-17H2. The van der Waals surface area contributed by atoms with Crippen molar-refractivity contribution in [2.45, 2.75) is 12.3 Å². The molecule has 1 unspecified atom stereocenters. The zero-order valence-corrected chi connectivity index (χ0v) is 18.4. The first-order valence-electron chi connectivity index (χ1n) is 11.5. The first kappa shape index (κ1) is 21.3. The lowest BCUT2D eigenvalue weighted by atomic mass is 9.99. The van der Waals surface area contributed by atoms with E-state index in [4.69, 9.17) is 14.5 Å². The van der Waals surface area contributed by atoms with Gasteiger partial charge in [0.1, 0.15) is 0 Å². The molecule has 8 nitrogen and oxygen atoms in total. The van der Waals surface area contributed by atoms with E-state index in [2.05, 4.69) is 4.90 Å².